The molecule has 0 atom stereocenters. The number of hydrogen-bond acceptors (Lipinski definition) is 5. The summed E-state index contributed by atoms with van der Waals surface area (Å²) in [6.07, 6.45) is 8.27. The number of benzene rings is 1. The molecule has 166 valence electrons. The zero-order valence-electron chi connectivity index (χ0n) is 18.1. The van der Waals surface area contributed by atoms with Crippen molar-refractivity contribution in [3.63, 3.8) is 0 Å². The largest absolute Gasteiger partial charge is 0.356 e. The molecule has 1 saturated carbocycles. The maximum Gasteiger partial charge on any atom is 0.251 e. The van der Waals surface area contributed by atoms with Crippen molar-refractivity contribution in [1.29, 1.82) is 0 Å². The van der Waals surface area contributed by atoms with Crippen molar-refractivity contribution in [2.45, 2.75) is 68.8 Å². The molecule has 5 nitrogen and oxygen atoms in total. The Morgan fingerprint density at radius 1 is 1.10 bits per heavy atom. The fourth-order valence-electron chi connectivity index (χ4n) is 4.27. The van der Waals surface area contributed by atoms with Crippen LogP contribution in [0.15, 0.2) is 35.5 Å². The topological polar surface area (TPSA) is 58.1 Å². The second-order valence-corrected chi connectivity index (χ2v) is 10.1. The van der Waals surface area contributed by atoms with Gasteiger partial charge in [-0.3, -0.25) is 4.79 Å². The van der Waals surface area contributed by atoms with Gasteiger partial charge in [-0.25, -0.2) is 9.97 Å². The second-order valence-electron chi connectivity index (χ2n) is 8.80. The molecule has 0 spiro atoms. The van der Waals surface area contributed by atoms with Gasteiger partial charge in [0.1, 0.15) is 11.0 Å². The third kappa shape index (κ3) is 6.36. The lowest BCUT2D eigenvalue weighted by molar-refractivity contribution is 0.0927. The van der Waals surface area contributed by atoms with Crippen molar-refractivity contribution in [3.8, 4) is 0 Å². The number of carbonyl (C=O) groups is 1. The maximum absolute atomic E-state index is 12.5. The van der Waals surface area contributed by atoms with Crippen LogP contribution in [0.25, 0.3) is 0 Å². The fraction of sp³-hybridized carbons (Fsp3) is 0.542. The normalized spacial score (nSPS) is 18.2. The highest BCUT2D eigenvalue weighted by Gasteiger charge is 2.19. The van der Waals surface area contributed by atoms with Gasteiger partial charge in [-0.05, 0) is 49.3 Å². The summed E-state index contributed by atoms with van der Waals surface area (Å²) in [6.45, 7) is 4.34. The molecule has 1 saturated heterocycles. The van der Waals surface area contributed by atoms with Crippen LogP contribution in [0.4, 0.5) is 5.82 Å². The van der Waals surface area contributed by atoms with E-state index in [1.165, 1.54) is 32.1 Å². The predicted molar refractivity (Wildman–Crippen MR) is 128 cm³/mol. The quantitative estimate of drug-likeness (QED) is 0.340. The van der Waals surface area contributed by atoms with Crippen LogP contribution in [0.1, 0.15) is 67.8 Å². The van der Waals surface area contributed by atoms with Crippen molar-refractivity contribution < 1.29 is 4.79 Å². The van der Waals surface area contributed by atoms with E-state index in [2.05, 4.69) is 22.1 Å². The number of halogens is 1. The van der Waals surface area contributed by atoms with Crippen molar-refractivity contribution in [3.05, 3.63) is 46.6 Å². The summed E-state index contributed by atoms with van der Waals surface area (Å²) in [5.74, 6) is 2.46. The Morgan fingerprint density at radius 3 is 2.52 bits per heavy atom. The third-order valence-electron chi connectivity index (χ3n) is 6.29. The van der Waals surface area contributed by atoms with Gasteiger partial charge < -0.3 is 10.2 Å². The minimum absolute atomic E-state index is 0.0322. The van der Waals surface area contributed by atoms with Gasteiger partial charge >= 0.3 is 0 Å². The molecule has 1 N–H and O–H groups in total. The number of carbonyl (C=O) groups excluding carboxylic acids is 1. The summed E-state index contributed by atoms with van der Waals surface area (Å²) in [7, 11) is 0. The van der Waals surface area contributed by atoms with Crippen LogP contribution in [0.2, 0.25) is 5.15 Å². The lowest BCUT2D eigenvalue weighted by atomic mass is 9.95. The molecular weight excluding hydrogens is 428 g/mol. The van der Waals surface area contributed by atoms with Gasteiger partial charge in [-0.15, -0.1) is 0 Å². The Morgan fingerprint density at radius 2 is 1.81 bits per heavy atom. The summed E-state index contributed by atoms with van der Waals surface area (Å²) in [5, 5.41) is 4.36. The van der Waals surface area contributed by atoms with Crippen LogP contribution in [0, 0.1) is 5.92 Å². The second kappa shape index (κ2) is 10.7. The van der Waals surface area contributed by atoms with Crippen molar-refractivity contribution in [2.75, 3.05) is 18.0 Å². The number of aromatic nitrogens is 2. The van der Waals surface area contributed by atoms with Crippen molar-refractivity contribution >= 4 is 35.1 Å². The summed E-state index contributed by atoms with van der Waals surface area (Å²) in [4.78, 5) is 23.9. The molecule has 2 heterocycles. The Bertz CT molecular complexity index is 878. The fourth-order valence-corrected chi connectivity index (χ4v) is 5.30. The van der Waals surface area contributed by atoms with E-state index >= 15 is 0 Å². The smallest absolute Gasteiger partial charge is 0.251 e. The van der Waals surface area contributed by atoms with Crippen LogP contribution in [-0.2, 0) is 5.75 Å². The highest BCUT2D eigenvalue weighted by molar-refractivity contribution is 7.98. The lowest BCUT2D eigenvalue weighted by Crippen LogP contribution is -2.36. The summed E-state index contributed by atoms with van der Waals surface area (Å²) < 4.78 is 0. The van der Waals surface area contributed by atoms with E-state index in [4.69, 9.17) is 16.6 Å². The third-order valence-corrected chi connectivity index (χ3v) is 7.40. The summed E-state index contributed by atoms with van der Waals surface area (Å²) in [5.41, 5.74) is 1.86. The van der Waals surface area contributed by atoms with Crippen molar-refractivity contribution in [2.24, 2.45) is 5.92 Å². The molecule has 31 heavy (non-hydrogen) atoms. The first kappa shape index (κ1) is 22.4. The number of nitrogens with zero attached hydrogens (tertiary/aromatic N) is 3. The van der Waals surface area contributed by atoms with Gasteiger partial charge in [0.05, 0.1) is 0 Å². The van der Waals surface area contributed by atoms with E-state index < -0.39 is 0 Å². The Labute approximate surface area is 194 Å². The molecule has 0 bridgehead atoms. The summed E-state index contributed by atoms with van der Waals surface area (Å²) in [6, 6.07) is 10.0. The molecule has 1 aromatic carbocycles. The van der Waals surface area contributed by atoms with Crippen LogP contribution >= 0.6 is 23.4 Å². The molecule has 2 fully saturated rings. The van der Waals surface area contributed by atoms with Gasteiger partial charge in [0.15, 0.2) is 5.16 Å². The van der Waals surface area contributed by atoms with E-state index in [-0.39, 0.29) is 5.91 Å². The van der Waals surface area contributed by atoms with Crippen LogP contribution in [-0.4, -0.2) is 35.0 Å². The predicted octanol–water partition coefficient (Wildman–Crippen LogP) is 5.72. The highest BCUT2D eigenvalue weighted by atomic mass is 35.5. The van der Waals surface area contributed by atoms with Gasteiger partial charge in [-0.2, -0.15) is 0 Å². The van der Waals surface area contributed by atoms with Gasteiger partial charge in [0.2, 0.25) is 0 Å². The molecule has 0 radical (unpaired) electrons. The average Bonchev–Trinajstić information content (AvgIpc) is 2.79. The molecular formula is C24H31ClN4OS. The first-order valence-corrected chi connectivity index (χ1v) is 12.8. The molecule has 1 aromatic heterocycles. The number of piperidine rings is 1. The molecule has 7 heteroatoms. The average molecular weight is 459 g/mol. The van der Waals surface area contributed by atoms with E-state index in [9.17, 15) is 4.79 Å². The van der Waals surface area contributed by atoms with Crippen LogP contribution < -0.4 is 10.2 Å². The highest BCUT2D eigenvalue weighted by Crippen LogP contribution is 2.27. The van der Waals surface area contributed by atoms with E-state index in [0.717, 1.165) is 54.5 Å². The number of anilines is 1. The van der Waals surface area contributed by atoms with Gasteiger partial charge in [-0.1, -0.05) is 61.7 Å². The van der Waals surface area contributed by atoms with Gasteiger partial charge in [0.25, 0.3) is 5.91 Å². The Hall–Kier alpha value is -1.79. The lowest BCUT2D eigenvalue weighted by Gasteiger charge is -2.31. The number of amides is 1. The zero-order chi connectivity index (χ0) is 21.6. The molecule has 4 rings (SSSR count). The monoisotopic (exact) mass is 458 g/mol. The molecule has 2 aliphatic rings. The summed E-state index contributed by atoms with van der Waals surface area (Å²) >= 11 is 7.85. The standard InChI is InChI=1S/C24H31ClN4OS/c1-17-11-13-29(14-12-17)22-15-21(25)27-24(28-22)31-16-18-7-9-19(10-8-18)23(30)26-20-5-3-2-4-6-20/h7-10,15,17,20H,2-6,11-14,16H2,1H3,(H,26,30). The maximum atomic E-state index is 12.5. The minimum Gasteiger partial charge on any atom is -0.356 e. The molecule has 1 aliphatic carbocycles. The minimum atomic E-state index is 0.0322. The SMILES string of the molecule is CC1CCN(c2cc(Cl)nc(SCc3ccc(C(=O)NC4CCCCC4)cc3)n2)CC1. The first-order chi connectivity index (χ1) is 15.1. The van der Waals surface area contributed by atoms with E-state index in [1.54, 1.807) is 11.8 Å². The number of rotatable bonds is 6. The Kier molecular flexibility index (Phi) is 7.72. The number of hydrogen-bond donors (Lipinski definition) is 1. The number of thioether (sulfide) groups is 1. The number of nitrogens with one attached hydrogen (secondary N) is 1. The zero-order valence-corrected chi connectivity index (χ0v) is 19.7. The molecule has 2 aromatic rings. The van der Waals surface area contributed by atoms with Crippen LogP contribution in [0.3, 0.4) is 0 Å². The van der Waals surface area contributed by atoms with Gasteiger partial charge in [0, 0.05) is 36.5 Å². The van der Waals surface area contributed by atoms with E-state index in [0.29, 0.717) is 16.4 Å². The first-order valence-electron chi connectivity index (χ1n) is 11.4. The van der Waals surface area contributed by atoms with Crippen molar-refractivity contribution in [1.82, 2.24) is 15.3 Å². The molecule has 1 aliphatic heterocycles. The van der Waals surface area contributed by atoms with E-state index in [1.807, 2.05) is 30.3 Å². The molecule has 0 unspecified atom stereocenters. The Balaban J connectivity index is 1.33. The molecule has 1 amide bonds. The van der Waals surface area contributed by atoms with Crippen LogP contribution in [0.5, 0.6) is 0 Å².